The third-order valence-electron chi connectivity index (χ3n) is 2.29. The summed E-state index contributed by atoms with van der Waals surface area (Å²) in [5, 5.41) is 3.20. The van der Waals surface area contributed by atoms with E-state index in [0.29, 0.717) is 6.42 Å². The summed E-state index contributed by atoms with van der Waals surface area (Å²) < 4.78 is 5.30. The second kappa shape index (κ2) is 3.22. The highest BCUT2D eigenvalue weighted by atomic mass is 16.3. The molecule has 1 aliphatic heterocycles. The molecule has 1 aromatic rings. The molecule has 2 heterocycles. The fraction of sp³-hybridized carbons (Fsp3) is 0.444. The van der Waals surface area contributed by atoms with Crippen LogP contribution in [0.15, 0.2) is 16.7 Å². The van der Waals surface area contributed by atoms with E-state index in [4.69, 9.17) is 10.2 Å². The summed E-state index contributed by atoms with van der Waals surface area (Å²) in [7, 11) is 0. The van der Waals surface area contributed by atoms with Gasteiger partial charge in [0.05, 0.1) is 12.3 Å². The zero-order valence-corrected chi connectivity index (χ0v) is 7.25. The van der Waals surface area contributed by atoms with Crippen molar-refractivity contribution in [2.45, 2.75) is 18.9 Å². The highest BCUT2D eigenvalue weighted by molar-refractivity contribution is 5.74. The van der Waals surface area contributed by atoms with Crippen LogP contribution in [0, 0.1) is 0 Å². The van der Waals surface area contributed by atoms with Crippen molar-refractivity contribution in [1.82, 2.24) is 5.32 Å². The van der Waals surface area contributed by atoms with Crippen LogP contribution in [0.2, 0.25) is 0 Å². The van der Waals surface area contributed by atoms with Gasteiger partial charge in [0.1, 0.15) is 5.76 Å². The maximum atomic E-state index is 10.7. The van der Waals surface area contributed by atoms with E-state index in [2.05, 4.69) is 5.32 Å². The lowest BCUT2D eigenvalue weighted by molar-refractivity contribution is -0.118. The summed E-state index contributed by atoms with van der Waals surface area (Å²) in [6.45, 7) is 0.879. The van der Waals surface area contributed by atoms with Gasteiger partial charge in [-0.2, -0.15) is 0 Å². The molecule has 1 aromatic heterocycles. The van der Waals surface area contributed by atoms with Gasteiger partial charge >= 0.3 is 0 Å². The van der Waals surface area contributed by atoms with E-state index >= 15 is 0 Å². The summed E-state index contributed by atoms with van der Waals surface area (Å²) in [6, 6.07) is 1.92. The van der Waals surface area contributed by atoms with Crippen LogP contribution >= 0.6 is 0 Å². The molecule has 1 aliphatic rings. The minimum atomic E-state index is -0.304. The lowest BCUT2D eigenvalue weighted by Crippen LogP contribution is -2.32. The Bertz CT molecular complexity index is 319. The van der Waals surface area contributed by atoms with Crippen LogP contribution in [-0.2, 0) is 11.2 Å². The van der Waals surface area contributed by atoms with E-state index < -0.39 is 0 Å². The van der Waals surface area contributed by atoms with Gasteiger partial charge in [-0.1, -0.05) is 0 Å². The largest absolute Gasteiger partial charge is 0.467 e. The van der Waals surface area contributed by atoms with Crippen LogP contribution in [0.1, 0.15) is 23.8 Å². The van der Waals surface area contributed by atoms with Gasteiger partial charge in [0, 0.05) is 6.42 Å². The Hall–Kier alpha value is -1.29. The Morgan fingerprint density at radius 2 is 2.62 bits per heavy atom. The SMILES string of the molecule is NC(=O)CC1NCCc2ccoc21. The van der Waals surface area contributed by atoms with Crippen LogP contribution in [0.5, 0.6) is 0 Å². The number of hydrogen-bond acceptors (Lipinski definition) is 3. The van der Waals surface area contributed by atoms with Crippen molar-refractivity contribution >= 4 is 5.91 Å². The summed E-state index contributed by atoms with van der Waals surface area (Å²) in [6.07, 6.45) is 2.92. The standard InChI is InChI=1S/C9H12N2O2/c10-8(12)5-7-9-6(1-3-11-7)2-4-13-9/h2,4,7,11H,1,3,5H2,(H2,10,12). The van der Waals surface area contributed by atoms with Gasteiger partial charge in [-0.25, -0.2) is 0 Å². The molecule has 0 bridgehead atoms. The predicted molar refractivity (Wildman–Crippen MR) is 47.0 cm³/mol. The molecular formula is C9H12N2O2. The molecular weight excluding hydrogens is 168 g/mol. The lowest BCUT2D eigenvalue weighted by atomic mass is 10.0. The molecule has 2 rings (SSSR count). The first kappa shape index (κ1) is 8.31. The molecule has 0 radical (unpaired) electrons. The van der Waals surface area contributed by atoms with Crippen molar-refractivity contribution in [2.24, 2.45) is 5.73 Å². The number of primary amides is 1. The number of rotatable bonds is 2. The molecule has 0 spiro atoms. The smallest absolute Gasteiger partial charge is 0.219 e. The van der Waals surface area contributed by atoms with Crippen LogP contribution in [0.3, 0.4) is 0 Å². The number of carbonyl (C=O) groups is 1. The van der Waals surface area contributed by atoms with E-state index in [1.807, 2.05) is 6.07 Å². The maximum absolute atomic E-state index is 10.7. The van der Waals surface area contributed by atoms with Crippen molar-refractivity contribution in [2.75, 3.05) is 6.54 Å². The molecule has 0 saturated heterocycles. The lowest BCUT2D eigenvalue weighted by Gasteiger charge is -2.21. The molecule has 0 fully saturated rings. The summed E-state index contributed by atoms with van der Waals surface area (Å²) in [4.78, 5) is 10.7. The van der Waals surface area contributed by atoms with E-state index in [0.717, 1.165) is 18.7 Å². The molecule has 3 N–H and O–H groups in total. The number of hydrogen-bond donors (Lipinski definition) is 2. The van der Waals surface area contributed by atoms with Gasteiger partial charge in [0.25, 0.3) is 0 Å². The molecule has 1 amide bonds. The molecule has 70 valence electrons. The second-order valence-electron chi connectivity index (χ2n) is 3.24. The third-order valence-corrected chi connectivity index (χ3v) is 2.29. The van der Waals surface area contributed by atoms with Crippen molar-refractivity contribution in [1.29, 1.82) is 0 Å². The summed E-state index contributed by atoms with van der Waals surface area (Å²) in [5.74, 6) is 0.562. The normalized spacial score (nSPS) is 21.1. The monoisotopic (exact) mass is 180 g/mol. The summed E-state index contributed by atoms with van der Waals surface area (Å²) >= 11 is 0. The van der Waals surface area contributed by atoms with Gasteiger partial charge < -0.3 is 15.5 Å². The van der Waals surface area contributed by atoms with E-state index in [-0.39, 0.29) is 11.9 Å². The zero-order chi connectivity index (χ0) is 9.26. The number of furan rings is 1. The number of carbonyl (C=O) groups excluding carboxylic acids is 1. The fourth-order valence-corrected chi connectivity index (χ4v) is 1.70. The van der Waals surface area contributed by atoms with E-state index in [1.165, 1.54) is 5.56 Å². The first-order valence-corrected chi connectivity index (χ1v) is 4.35. The van der Waals surface area contributed by atoms with Gasteiger partial charge in [-0.05, 0) is 24.6 Å². The number of fused-ring (bicyclic) bond motifs is 1. The second-order valence-corrected chi connectivity index (χ2v) is 3.24. The Balaban J connectivity index is 2.20. The predicted octanol–water partition coefficient (Wildman–Crippen LogP) is 0.342. The molecule has 4 heteroatoms. The van der Waals surface area contributed by atoms with Crippen LogP contribution < -0.4 is 11.1 Å². The quantitative estimate of drug-likeness (QED) is 0.689. The molecule has 13 heavy (non-hydrogen) atoms. The Morgan fingerprint density at radius 3 is 3.38 bits per heavy atom. The van der Waals surface area contributed by atoms with Crippen LogP contribution in [0.25, 0.3) is 0 Å². The zero-order valence-electron chi connectivity index (χ0n) is 7.25. The molecule has 1 atom stereocenters. The highest BCUT2D eigenvalue weighted by Gasteiger charge is 2.23. The highest BCUT2D eigenvalue weighted by Crippen LogP contribution is 2.25. The van der Waals surface area contributed by atoms with E-state index in [1.54, 1.807) is 6.26 Å². The number of amides is 1. The first-order chi connectivity index (χ1) is 6.27. The molecule has 0 saturated carbocycles. The maximum Gasteiger partial charge on any atom is 0.219 e. The average molecular weight is 180 g/mol. The van der Waals surface area contributed by atoms with Crippen molar-refractivity contribution in [3.05, 3.63) is 23.7 Å². The third kappa shape index (κ3) is 1.58. The topological polar surface area (TPSA) is 68.3 Å². The van der Waals surface area contributed by atoms with Crippen molar-refractivity contribution in [3.63, 3.8) is 0 Å². The van der Waals surface area contributed by atoms with E-state index in [9.17, 15) is 4.79 Å². The molecule has 0 aliphatic carbocycles. The Labute approximate surface area is 76.1 Å². The summed E-state index contributed by atoms with van der Waals surface area (Å²) in [5.41, 5.74) is 6.31. The first-order valence-electron chi connectivity index (χ1n) is 4.35. The molecule has 0 aromatic carbocycles. The fourth-order valence-electron chi connectivity index (χ4n) is 1.70. The van der Waals surface area contributed by atoms with Crippen molar-refractivity contribution in [3.8, 4) is 0 Å². The van der Waals surface area contributed by atoms with Gasteiger partial charge in [0.2, 0.25) is 5.91 Å². The minimum Gasteiger partial charge on any atom is -0.467 e. The minimum absolute atomic E-state index is 0.0313. The van der Waals surface area contributed by atoms with Gasteiger partial charge in [0.15, 0.2) is 0 Å². The van der Waals surface area contributed by atoms with Gasteiger partial charge in [-0.3, -0.25) is 4.79 Å². The van der Waals surface area contributed by atoms with Gasteiger partial charge in [-0.15, -0.1) is 0 Å². The Kier molecular flexibility index (Phi) is 2.06. The molecule has 4 nitrogen and oxygen atoms in total. The van der Waals surface area contributed by atoms with Crippen LogP contribution in [-0.4, -0.2) is 12.5 Å². The van der Waals surface area contributed by atoms with Crippen LogP contribution in [0.4, 0.5) is 0 Å². The number of nitrogens with two attached hydrogens (primary N) is 1. The number of nitrogens with one attached hydrogen (secondary N) is 1. The Morgan fingerprint density at radius 1 is 1.77 bits per heavy atom. The average Bonchev–Trinajstić information content (AvgIpc) is 2.51. The van der Waals surface area contributed by atoms with Crippen molar-refractivity contribution < 1.29 is 9.21 Å². The molecule has 1 unspecified atom stereocenters.